The van der Waals surface area contributed by atoms with Crippen molar-refractivity contribution < 1.29 is 8.42 Å². The maximum atomic E-state index is 14.1. The van der Waals surface area contributed by atoms with E-state index in [9.17, 15) is 8.42 Å². The van der Waals surface area contributed by atoms with Crippen LogP contribution in [0.25, 0.3) is 10.8 Å². The number of rotatable bonds is 5. The van der Waals surface area contributed by atoms with Crippen molar-refractivity contribution >= 4 is 20.6 Å². The van der Waals surface area contributed by atoms with E-state index in [-0.39, 0.29) is 4.90 Å². The van der Waals surface area contributed by atoms with Gasteiger partial charge in [-0.25, -0.2) is 8.42 Å². The van der Waals surface area contributed by atoms with Crippen molar-refractivity contribution in [1.82, 2.24) is 0 Å². The van der Waals surface area contributed by atoms with Crippen LogP contribution in [-0.2, 0) is 14.7 Å². The highest BCUT2D eigenvalue weighted by Gasteiger charge is 2.49. The lowest BCUT2D eigenvalue weighted by Gasteiger charge is -2.36. The van der Waals surface area contributed by atoms with Gasteiger partial charge in [-0.15, -0.1) is 0 Å². The SMILES string of the molecule is N[C@H](c1ccccc1)[C@@](N)(c1ccccc1)S(=O)(=O)c1cccc2ccccc12. The Morgan fingerprint density at radius 1 is 0.690 bits per heavy atom. The highest BCUT2D eigenvalue weighted by atomic mass is 32.2. The molecule has 4 aromatic carbocycles. The summed E-state index contributed by atoms with van der Waals surface area (Å²) in [5.74, 6) is 0. The first-order chi connectivity index (χ1) is 14.0. The van der Waals surface area contributed by atoms with Crippen molar-refractivity contribution in [3.8, 4) is 0 Å². The van der Waals surface area contributed by atoms with Gasteiger partial charge in [0.05, 0.1) is 10.9 Å². The van der Waals surface area contributed by atoms with Crippen LogP contribution >= 0.6 is 0 Å². The van der Waals surface area contributed by atoms with E-state index in [0.29, 0.717) is 16.5 Å². The van der Waals surface area contributed by atoms with Gasteiger partial charge < -0.3 is 11.5 Å². The van der Waals surface area contributed by atoms with Gasteiger partial charge in [-0.2, -0.15) is 0 Å². The molecule has 4 rings (SSSR count). The molecule has 0 spiro atoms. The molecule has 0 radical (unpaired) electrons. The van der Waals surface area contributed by atoms with Crippen molar-refractivity contribution in [3.05, 3.63) is 114 Å². The van der Waals surface area contributed by atoms with Crippen molar-refractivity contribution in [3.63, 3.8) is 0 Å². The van der Waals surface area contributed by atoms with E-state index in [1.165, 1.54) is 0 Å². The molecule has 0 aliphatic heterocycles. The van der Waals surface area contributed by atoms with Crippen LogP contribution in [0.3, 0.4) is 0 Å². The van der Waals surface area contributed by atoms with Gasteiger partial charge in [0.1, 0.15) is 0 Å². The van der Waals surface area contributed by atoms with Gasteiger partial charge in [-0.05, 0) is 22.6 Å². The van der Waals surface area contributed by atoms with E-state index in [2.05, 4.69) is 0 Å². The molecule has 0 unspecified atom stereocenters. The molecule has 4 aromatic rings. The van der Waals surface area contributed by atoms with Crippen LogP contribution in [0.4, 0.5) is 0 Å². The second-order valence-corrected chi connectivity index (χ2v) is 9.15. The quantitative estimate of drug-likeness (QED) is 0.526. The molecule has 2 atom stereocenters. The molecule has 0 saturated heterocycles. The Hall–Kier alpha value is -2.99. The predicted molar refractivity (Wildman–Crippen MR) is 117 cm³/mol. The van der Waals surface area contributed by atoms with Gasteiger partial charge in [0.2, 0.25) is 9.84 Å². The minimum atomic E-state index is -4.07. The first kappa shape index (κ1) is 19.3. The Morgan fingerprint density at radius 2 is 1.24 bits per heavy atom. The van der Waals surface area contributed by atoms with Crippen LogP contribution in [0.1, 0.15) is 17.2 Å². The van der Waals surface area contributed by atoms with E-state index in [4.69, 9.17) is 11.5 Å². The summed E-state index contributed by atoms with van der Waals surface area (Å²) in [6, 6.07) is 29.5. The van der Waals surface area contributed by atoms with Crippen molar-refractivity contribution in [2.45, 2.75) is 15.8 Å². The smallest absolute Gasteiger partial charge is 0.203 e. The number of fused-ring (bicyclic) bond motifs is 1. The molecule has 4 nitrogen and oxygen atoms in total. The van der Waals surface area contributed by atoms with Crippen molar-refractivity contribution in [1.29, 1.82) is 0 Å². The fourth-order valence-corrected chi connectivity index (χ4v) is 5.73. The lowest BCUT2D eigenvalue weighted by molar-refractivity contribution is 0.462. The second-order valence-electron chi connectivity index (χ2n) is 7.03. The summed E-state index contributed by atoms with van der Waals surface area (Å²) in [7, 11) is -4.07. The summed E-state index contributed by atoms with van der Waals surface area (Å²) in [5.41, 5.74) is 14.5. The molecule has 0 fully saturated rings. The lowest BCUT2D eigenvalue weighted by atomic mass is 9.94. The van der Waals surface area contributed by atoms with E-state index < -0.39 is 20.8 Å². The van der Waals surface area contributed by atoms with Gasteiger partial charge in [0.15, 0.2) is 4.87 Å². The highest BCUT2D eigenvalue weighted by molar-refractivity contribution is 7.92. The first-order valence-electron chi connectivity index (χ1n) is 9.33. The first-order valence-corrected chi connectivity index (χ1v) is 10.8. The average molecular weight is 403 g/mol. The minimum absolute atomic E-state index is 0.174. The number of hydrogen-bond donors (Lipinski definition) is 2. The van der Waals surface area contributed by atoms with Crippen LogP contribution in [-0.4, -0.2) is 8.42 Å². The second kappa shape index (κ2) is 7.44. The Labute approximate surface area is 170 Å². The van der Waals surface area contributed by atoms with E-state index in [1.807, 2.05) is 48.5 Å². The van der Waals surface area contributed by atoms with Crippen LogP contribution in [0.15, 0.2) is 108 Å². The molecular formula is C24H22N2O2S. The molecule has 5 heteroatoms. The van der Waals surface area contributed by atoms with E-state index in [0.717, 1.165) is 5.39 Å². The lowest BCUT2D eigenvalue weighted by Crippen LogP contribution is -2.52. The Balaban J connectivity index is 2.01. The number of hydrogen-bond acceptors (Lipinski definition) is 4. The molecule has 29 heavy (non-hydrogen) atoms. The van der Waals surface area contributed by atoms with E-state index in [1.54, 1.807) is 54.6 Å². The zero-order chi connectivity index (χ0) is 20.5. The summed E-state index contributed by atoms with van der Waals surface area (Å²) >= 11 is 0. The third-order valence-corrected chi connectivity index (χ3v) is 7.64. The molecule has 0 aliphatic carbocycles. The van der Waals surface area contributed by atoms with Crippen LogP contribution < -0.4 is 11.5 Å². The molecule has 0 heterocycles. The molecular weight excluding hydrogens is 380 g/mol. The molecule has 4 N–H and O–H groups in total. The molecule has 0 bridgehead atoms. The third-order valence-electron chi connectivity index (χ3n) is 5.33. The predicted octanol–water partition coefficient (Wildman–Crippen LogP) is 4.13. The summed E-state index contributed by atoms with van der Waals surface area (Å²) in [4.78, 5) is -1.67. The Kier molecular flexibility index (Phi) is 4.96. The number of benzene rings is 4. The fourth-order valence-electron chi connectivity index (χ4n) is 3.72. The van der Waals surface area contributed by atoms with Crippen molar-refractivity contribution in [2.24, 2.45) is 11.5 Å². The van der Waals surface area contributed by atoms with Crippen molar-refractivity contribution in [2.75, 3.05) is 0 Å². The zero-order valence-corrected chi connectivity index (χ0v) is 16.6. The minimum Gasteiger partial charge on any atom is -0.321 e. The molecule has 0 aromatic heterocycles. The third kappa shape index (κ3) is 3.13. The summed E-state index contributed by atoms with van der Waals surface area (Å²) in [6.07, 6.45) is 0. The molecule has 0 aliphatic rings. The maximum Gasteiger partial charge on any atom is 0.203 e. The van der Waals surface area contributed by atoms with Crippen LogP contribution in [0.5, 0.6) is 0 Å². The summed E-state index contributed by atoms with van der Waals surface area (Å²) in [6.45, 7) is 0. The normalized spacial score (nSPS) is 15.0. The number of sulfone groups is 1. The molecule has 0 saturated carbocycles. The van der Waals surface area contributed by atoms with Gasteiger partial charge in [0.25, 0.3) is 0 Å². The van der Waals surface area contributed by atoms with Gasteiger partial charge >= 0.3 is 0 Å². The molecule has 0 amide bonds. The zero-order valence-electron chi connectivity index (χ0n) is 15.8. The Morgan fingerprint density at radius 3 is 1.93 bits per heavy atom. The Bertz CT molecular complexity index is 1240. The average Bonchev–Trinajstić information content (AvgIpc) is 2.78. The largest absolute Gasteiger partial charge is 0.321 e. The van der Waals surface area contributed by atoms with Crippen LogP contribution in [0.2, 0.25) is 0 Å². The van der Waals surface area contributed by atoms with Gasteiger partial charge in [-0.1, -0.05) is 97.1 Å². The monoisotopic (exact) mass is 402 g/mol. The summed E-state index contributed by atoms with van der Waals surface area (Å²) < 4.78 is 28.2. The maximum absolute atomic E-state index is 14.1. The standard InChI is InChI=1S/C24H22N2O2S/c25-23(19-11-3-1-4-12-19)24(26,20-14-5-2-6-15-20)29(27,28)22-17-9-13-18-10-7-8-16-21(18)22/h1-17,23H,25-26H2/t23-,24-/m1/s1. The highest BCUT2D eigenvalue weighted by Crippen LogP contribution is 2.41. The topological polar surface area (TPSA) is 86.2 Å². The summed E-state index contributed by atoms with van der Waals surface area (Å²) in [5, 5.41) is 1.46. The van der Waals surface area contributed by atoms with Crippen LogP contribution in [0, 0.1) is 0 Å². The van der Waals surface area contributed by atoms with Gasteiger partial charge in [-0.3, -0.25) is 0 Å². The fraction of sp³-hybridized carbons (Fsp3) is 0.0833. The number of nitrogens with two attached hydrogens (primary N) is 2. The van der Waals surface area contributed by atoms with E-state index >= 15 is 0 Å². The molecule has 146 valence electrons. The van der Waals surface area contributed by atoms with Gasteiger partial charge in [0, 0.05) is 5.39 Å².